The van der Waals surface area contributed by atoms with Crippen molar-refractivity contribution in [2.24, 2.45) is 11.3 Å². The van der Waals surface area contributed by atoms with E-state index in [1.165, 1.54) is 5.57 Å². The second-order valence-corrected chi connectivity index (χ2v) is 6.92. The van der Waals surface area contributed by atoms with E-state index in [0.717, 1.165) is 31.4 Å². The van der Waals surface area contributed by atoms with E-state index >= 15 is 0 Å². The Hall–Kier alpha value is -1.78. The van der Waals surface area contributed by atoms with Gasteiger partial charge in [-0.05, 0) is 32.6 Å². The van der Waals surface area contributed by atoms with Crippen LogP contribution in [0, 0.1) is 11.3 Å². The van der Waals surface area contributed by atoms with Gasteiger partial charge in [0.1, 0.15) is 0 Å². The molecule has 3 aliphatic rings. The summed E-state index contributed by atoms with van der Waals surface area (Å²) >= 11 is 0. The summed E-state index contributed by atoms with van der Waals surface area (Å²) in [6.45, 7) is 4.45. The van der Waals surface area contributed by atoms with Crippen LogP contribution >= 0.6 is 0 Å². The number of likely N-dealkylation sites (tertiary alicyclic amines) is 1. The standard InChI is InChI=1S/C18H26N2O3/c1-4-23-17(22)19-14-7-5-6-13-12(14)8-9-15-18(13,2)11-10-16(21)20(15)3/h6,9,12,14H,4-5,7-8,10-11H2,1-3H3,(H,19,22)/t12?,14-,18-/m1/s1. The van der Waals surface area contributed by atoms with Crippen LogP contribution in [0.15, 0.2) is 23.4 Å². The van der Waals surface area contributed by atoms with Crippen LogP contribution in [0.1, 0.15) is 46.0 Å². The zero-order valence-electron chi connectivity index (χ0n) is 14.2. The Labute approximate surface area is 137 Å². The van der Waals surface area contributed by atoms with Crippen LogP contribution in [0.4, 0.5) is 4.79 Å². The van der Waals surface area contributed by atoms with Crippen molar-refractivity contribution in [2.75, 3.05) is 13.7 Å². The molecule has 5 heteroatoms. The molecule has 126 valence electrons. The Balaban J connectivity index is 1.86. The first kappa shape index (κ1) is 16.1. The summed E-state index contributed by atoms with van der Waals surface area (Å²) in [7, 11) is 1.88. The van der Waals surface area contributed by atoms with Crippen molar-refractivity contribution in [1.82, 2.24) is 10.2 Å². The van der Waals surface area contributed by atoms with E-state index < -0.39 is 0 Å². The number of rotatable bonds is 2. The number of ether oxygens (including phenoxy) is 1. The molecule has 1 aliphatic heterocycles. The molecule has 0 spiro atoms. The number of amides is 2. The van der Waals surface area contributed by atoms with Gasteiger partial charge in [-0.1, -0.05) is 24.6 Å². The first-order valence-electron chi connectivity index (χ1n) is 8.58. The van der Waals surface area contributed by atoms with Crippen LogP contribution in [-0.2, 0) is 9.53 Å². The van der Waals surface area contributed by atoms with Crippen LogP contribution in [0.25, 0.3) is 0 Å². The Morgan fingerprint density at radius 3 is 3.00 bits per heavy atom. The maximum absolute atomic E-state index is 12.0. The van der Waals surface area contributed by atoms with Crippen molar-refractivity contribution >= 4 is 12.0 Å². The number of nitrogens with zero attached hydrogens (tertiary/aromatic N) is 1. The van der Waals surface area contributed by atoms with Crippen LogP contribution in [0.3, 0.4) is 0 Å². The van der Waals surface area contributed by atoms with Gasteiger partial charge in [0.05, 0.1) is 6.61 Å². The fraction of sp³-hybridized carbons (Fsp3) is 0.667. The number of piperidine rings is 1. The molecule has 0 aromatic rings. The van der Waals surface area contributed by atoms with E-state index in [4.69, 9.17) is 4.74 Å². The van der Waals surface area contributed by atoms with Gasteiger partial charge in [0.2, 0.25) is 5.91 Å². The van der Waals surface area contributed by atoms with Crippen LogP contribution in [0.2, 0.25) is 0 Å². The van der Waals surface area contributed by atoms with Crippen molar-refractivity contribution in [1.29, 1.82) is 0 Å². The Morgan fingerprint density at radius 2 is 2.26 bits per heavy atom. The molecule has 2 amide bonds. The predicted molar refractivity (Wildman–Crippen MR) is 87.6 cm³/mol. The van der Waals surface area contributed by atoms with Gasteiger partial charge in [0.15, 0.2) is 0 Å². The number of carbonyl (C=O) groups is 2. The molecular weight excluding hydrogens is 292 g/mol. The van der Waals surface area contributed by atoms with Gasteiger partial charge < -0.3 is 15.0 Å². The molecule has 3 rings (SSSR count). The first-order chi connectivity index (χ1) is 11.0. The average molecular weight is 318 g/mol. The fourth-order valence-electron chi connectivity index (χ4n) is 4.46. The molecule has 2 aliphatic carbocycles. The molecule has 0 bridgehead atoms. The lowest BCUT2D eigenvalue weighted by molar-refractivity contribution is -0.131. The number of fused-ring (bicyclic) bond motifs is 3. The zero-order valence-corrected chi connectivity index (χ0v) is 14.2. The van der Waals surface area contributed by atoms with Crippen LogP contribution in [0.5, 0.6) is 0 Å². The number of hydrogen-bond acceptors (Lipinski definition) is 3. The summed E-state index contributed by atoms with van der Waals surface area (Å²) in [6, 6.07) is 0.117. The first-order valence-corrected chi connectivity index (χ1v) is 8.58. The third-order valence-electron chi connectivity index (χ3n) is 5.65. The summed E-state index contributed by atoms with van der Waals surface area (Å²) < 4.78 is 5.05. The average Bonchev–Trinajstić information content (AvgIpc) is 2.52. The van der Waals surface area contributed by atoms with Crippen molar-refractivity contribution in [2.45, 2.75) is 52.0 Å². The van der Waals surface area contributed by atoms with E-state index in [1.807, 2.05) is 18.9 Å². The normalized spacial score (nSPS) is 33.2. The summed E-state index contributed by atoms with van der Waals surface area (Å²) in [6.07, 6.45) is 8.43. The Bertz CT molecular complexity index is 581. The second-order valence-electron chi connectivity index (χ2n) is 6.92. The number of allylic oxidation sites excluding steroid dienone is 3. The lowest BCUT2D eigenvalue weighted by atomic mass is 9.60. The van der Waals surface area contributed by atoms with Gasteiger partial charge in [-0.2, -0.15) is 0 Å². The minimum atomic E-state index is -0.324. The largest absolute Gasteiger partial charge is 0.450 e. The van der Waals surface area contributed by atoms with Crippen molar-refractivity contribution < 1.29 is 14.3 Å². The van der Waals surface area contributed by atoms with Crippen molar-refractivity contribution in [3.05, 3.63) is 23.4 Å². The summed E-state index contributed by atoms with van der Waals surface area (Å²) in [4.78, 5) is 25.7. The van der Waals surface area contributed by atoms with Gasteiger partial charge in [0, 0.05) is 36.5 Å². The minimum absolute atomic E-state index is 0.0828. The van der Waals surface area contributed by atoms with Gasteiger partial charge >= 0.3 is 6.09 Å². The SMILES string of the molecule is CCOC(=O)N[C@@H]1CCC=C2C1CC=C1N(C)C(=O)CC[C@]21C. The van der Waals surface area contributed by atoms with E-state index in [-0.39, 0.29) is 23.5 Å². The highest BCUT2D eigenvalue weighted by atomic mass is 16.5. The fourth-order valence-corrected chi connectivity index (χ4v) is 4.46. The predicted octanol–water partition coefficient (Wildman–Crippen LogP) is 2.98. The molecule has 0 aromatic carbocycles. The van der Waals surface area contributed by atoms with Crippen molar-refractivity contribution in [3.8, 4) is 0 Å². The third-order valence-corrected chi connectivity index (χ3v) is 5.65. The molecule has 5 nitrogen and oxygen atoms in total. The molecule has 1 heterocycles. The smallest absolute Gasteiger partial charge is 0.407 e. The minimum Gasteiger partial charge on any atom is -0.450 e. The number of carbonyl (C=O) groups excluding carboxylic acids is 2. The number of nitrogens with one attached hydrogen (secondary N) is 1. The Kier molecular flexibility index (Phi) is 4.21. The summed E-state index contributed by atoms with van der Waals surface area (Å²) in [5.74, 6) is 0.508. The molecule has 23 heavy (non-hydrogen) atoms. The van der Waals surface area contributed by atoms with Crippen LogP contribution < -0.4 is 5.32 Å². The monoisotopic (exact) mass is 318 g/mol. The third kappa shape index (κ3) is 2.66. The molecule has 0 aromatic heterocycles. The van der Waals surface area contributed by atoms with Crippen molar-refractivity contribution in [3.63, 3.8) is 0 Å². The van der Waals surface area contributed by atoms with E-state index in [2.05, 4.69) is 24.4 Å². The molecule has 1 fully saturated rings. The van der Waals surface area contributed by atoms with E-state index in [1.54, 1.807) is 0 Å². The number of hydrogen-bond donors (Lipinski definition) is 1. The summed E-state index contributed by atoms with van der Waals surface area (Å²) in [5.41, 5.74) is 2.44. The molecule has 0 radical (unpaired) electrons. The lowest BCUT2D eigenvalue weighted by Crippen LogP contribution is -2.50. The Morgan fingerprint density at radius 1 is 1.48 bits per heavy atom. The van der Waals surface area contributed by atoms with Gasteiger partial charge in [0.25, 0.3) is 0 Å². The van der Waals surface area contributed by atoms with E-state index in [0.29, 0.717) is 18.9 Å². The molecule has 0 saturated carbocycles. The second kappa shape index (κ2) is 6.02. The quantitative estimate of drug-likeness (QED) is 0.796. The maximum Gasteiger partial charge on any atom is 0.407 e. The zero-order chi connectivity index (χ0) is 16.6. The molecule has 1 N–H and O–H groups in total. The van der Waals surface area contributed by atoms with Crippen LogP contribution in [-0.4, -0.2) is 36.6 Å². The van der Waals surface area contributed by atoms with E-state index in [9.17, 15) is 9.59 Å². The molecule has 1 saturated heterocycles. The highest BCUT2D eigenvalue weighted by molar-refractivity contribution is 5.80. The summed E-state index contributed by atoms with van der Waals surface area (Å²) in [5, 5.41) is 3.04. The highest BCUT2D eigenvalue weighted by Gasteiger charge is 2.48. The maximum atomic E-state index is 12.0. The number of alkyl carbamates (subject to hydrolysis) is 1. The molecular formula is C18H26N2O3. The van der Waals surface area contributed by atoms with Gasteiger partial charge in [-0.25, -0.2) is 4.79 Å². The molecule has 1 unspecified atom stereocenters. The lowest BCUT2D eigenvalue weighted by Gasteiger charge is -2.50. The van der Waals surface area contributed by atoms with Gasteiger partial charge in [-0.15, -0.1) is 0 Å². The molecule has 3 atom stereocenters. The highest BCUT2D eigenvalue weighted by Crippen LogP contribution is 2.53. The topological polar surface area (TPSA) is 58.6 Å². The van der Waals surface area contributed by atoms with Gasteiger partial charge in [-0.3, -0.25) is 4.79 Å².